The smallest absolute Gasteiger partial charge is 0.337 e. The third-order valence-corrected chi connectivity index (χ3v) is 3.25. The van der Waals surface area contributed by atoms with Gasteiger partial charge in [-0.15, -0.1) is 0 Å². The van der Waals surface area contributed by atoms with Crippen molar-refractivity contribution in [3.8, 4) is 11.5 Å². The minimum Gasteiger partial charge on any atom is -0.478 e. The molecule has 104 valence electrons. The summed E-state index contributed by atoms with van der Waals surface area (Å²) in [5.41, 5.74) is 9.15. The van der Waals surface area contributed by atoms with Gasteiger partial charge in [-0.25, -0.2) is 4.79 Å². The van der Waals surface area contributed by atoms with Crippen LogP contribution in [0.3, 0.4) is 0 Å². The van der Waals surface area contributed by atoms with Crippen LogP contribution < -0.4 is 10.5 Å². The van der Waals surface area contributed by atoms with Crippen LogP contribution in [-0.2, 0) is 0 Å². The Balaban J connectivity index is 2.40. The van der Waals surface area contributed by atoms with Gasteiger partial charge in [-0.3, -0.25) is 0 Å². The van der Waals surface area contributed by atoms with E-state index in [-0.39, 0.29) is 11.3 Å². The number of nitrogens with two attached hydrogens (primary N) is 1. The number of carboxylic acids is 1. The first-order valence-corrected chi connectivity index (χ1v) is 6.27. The van der Waals surface area contributed by atoms with Gasteiger partial charge in [0.2, 0.25) is 0 Å². The van der Waals surface area contributed by atoms with Crippen LogP contribution in [0.4, 0.5) is 5.69 Å². The average Bonchev–Trinajstić information content (AvgIpc) is 2.37. The SMILES string of the molecule is Cc1cc(C)c(C)c(Oc2ccc(N)c(C(=O)O)c2)c1. The molecule has 0 aliphatic heterocycles. The number of hydrogen-bond acceptors (Lipinski definition) is 3. The van der Waals surface area contributed by atoms with Gasteiger partial charge in [-0.2, -0.15) is 0 Å². The Morgan fingerprint density at radius 1 is 1.15 bits per heavy atom. The van der Waals surface area contributed by atoms with E-state index in [9.17, 15) is 4.79 Å². The molecule has 20 heavy (non-hydrogen) atoms. The topological polar surface area (TPSA) is 72.5 Å². The molecule has 0 heterocycles. The van der Waals surface area contributed by atoms with Crippen molar-refractivity contribution in [3.05, 3.63) is 52.6 Å². The lowest BCUT2D eigenvalue weighted by atomic mass is 10.1. The highest BCUT2D eigenvalue weighted by Gasteiger charge is 2.11. The number of aryl methyl sites for hydroxylation is 2. The van der Waals surface area contributed by atoms with Crippen LogP contribution in [0.5, 0.6) is 11.5 Å². The molecule has 3 N–H and O–H groups in total. The molecule has 2 aromatic carbocycles. The standard InChI is InChI=1S/C16H17NO3/c1-9-6-10(2)11(3)15(7-9)20-12-4-5-14(17)13(8-12)16(18)19/h4-8H,17H2,1-3H3,(H,18,19). The molecule has 0 aliphatic rings. The molecule has 2 aromatic rings. The van der Waals surface area contributed by atoms with Gasteiger partial charge in [-0.05, 0) is 61.7 Å². The van der Waals surface area contributed by atoms with Crippen LogP contribution in [0.25, 0.3) is 0 Å². The Morgan fingerprint density at radius 2 is 1.85 bits per heavy atom. The molecule has 0 aliphatic carbocycles. The average molecular weight is 271 g/mol. The van der Waals surface area contributed by atoms with Crippen LogP contribution in [0.1, 0.15) is 27.0 Å². The van der Waals surface area contributed by atoms with Gasteiger partial charge >= 0.3 is 5.97 Å². The van der Waals surface area contributed by atoms with Gasteiger partial charge in [0.05, 0.1) is 5.56 Å². The van der Waals surface area contributed by atoms with Crippen LogP contribution in [-0.4, -0.2) is 11.1 Å². The Kier molecular flexibility index (Phi) is 3.66. The number of nitrogen functional groups attached to an aromatic ring is 1. The number of carbonyl (C=O) groups is 1. The fourth-order valence-electron chi connectivity index (χ4n) is 2.02. The summed E-state index contributed by atoms with van der Waals surface area (Å²) in [6, 6.07) is 8.65. The Hall–Kier alpha value is -2.49. The maximum atomic E-state index is 11.1. The van der Waals surface area contributed by atoms with E-state index in [0.717, 1.165) is 22.4 Å². The zero-order chi connectivity index (χ0) is 14.9. The molecule has 0 amide bonds. The van der Waals surface area contributed by atoms with Crippen molar-refractivity contribution in [2.45, 2.75) is 20.8 Å². The Labute approximate surface area is 117 Å². The predicted octanol–water partition coefficient (Wildman–Crippen LogP) is 3.68. The summed E-state index contributed by atoms with van der Waals surface area (Å²) in [5, 5.41) is 9.06. The fraction of sp³-hybridized carbons (Fsp3) is 0.188. The number of anilines is 1. The van der Waals surface area contributed by atoms with E-state index >= 15 is 0 Å². The van der Waals surface area contributed by atoms with E-state index in [2.05, 4.69) is 6.07 Å². The highest BCUT2D eigenvalue weighted by Crippen LogP contribution is 2.30. The first-order valence-electron chi connectivity index (χ1n) is 6.27. The summed E-state index contributed by atoms with van der Waals surface area (Å²) >= 11 is 0. The second-order valence-corrected chi connectivity index (χ2v) is 4.86. The van der Waals surface area contributed by atoms with Gasteiger partial charge < -0.3 is 15.6 Å². The maximum absolute atomic E-state index is 11.1. The van der Waals surface area contributed by atoms with Crippen molar-refractivity contribution in [1.82, 2.24) is 0 Å². The van der Waals surface area contributed by atoms with Crippen molar-refractivity contribution in [2.75, 3.05) is 5.73 Å². The van der Waals surface area contributed by atoms with Crippen LogP contribution in [0.2, 0.25) is 0 Å². The molecule has 0 saturated carbocycles. The number of aromatic carboxylic acids is 1. The van der Waals surface area contributed by atoms with Crippen LogP contribution >= 0.6 is 0 Å². The van der Waals surface area contributed by atoms with E-state index < -0.39 is 5.97 Å². The lowest BCUT2D eigenvalue weighted by molar-refractivity contribution is 0.0697. The van der Waals surface area contributed by atoms with Crippen molar-refractivity contribution >= 4 is 11.7 Å². The molecule has 0 fully saturated rings. The van der Waals surface area contributed by atoms with Gasteiger partial charge in [0.15, 0.2) is 0 Å². The summed E-state index contributed by atoms with van der Waals surface area (Å²) in [5.74, 6) is 0.124. The van der Waals surface area contributed by atoms with Gasteiger partial charge in [0, 0.05) is 5.69 Å². The summed E-state index contributed by atoms with van der Waals surface area (Å²) in [6.07, 6.45) is 0. The highest BCUT2D eigenvalue weighted by molar-refractivity contribution is 5.94. The molecule has 4 heteroatoms. The van der Waals surface area contributed by atoms with Gasteiger partial charge in [0.25, 0.3) is 0 Å². The zero-order valence-electron chi connectivity index (χ0n) is 11.7. The molecular formula is C16H17NO3. The lowest BCUT2D eigenvalue weighted by Crippen LogP contribution is -2.02. The summed E-state index contributed by atoms with van der Waals surface area (Å²) in [4.78, 5) is 11.1. The highest BCUT2D eigenvalue weighted by atomic mass is 16.5. The van der Waals surface area contributed by atoms with E-state index in [1.54, 1.807) is 6.07 Å². The molecule has 4 nitrogen and oxygen atoms in total. The first-order chi connectivity index (χ1) is 9.38. The minimum atomic E-state index is -1.06. The monoisotopic (exact) mass is 271 g/mol. The van der Waals surface area contributed by atoms with Crippen LogP contribution in [0, 0.1) is 20.8 Å². The molecule has 0 radical (unpaired) electrons. The number of hydrogen-bond donors (Lipinski definition) is 2. The van der Waals surface area contributed by atoms with Crippen molar-refractivity contribution in [2.24, 2.45) is 0 Å². The van der Waals surface area contributed by atoms with E-state index in [4.69, 9.17) is 15.6 Å². The molecule has 0 bridgehead atoms. The fourth-order valence-corrected chi connectivity index (χ4v) is 2.02. The largest absolute Gasteiger partial charge is 0.478 e. The second-order valence-electron chi connectivity index (χ2n) is 4.86. The second kappa shape index (κ2) is 5.25. The van der Waals surface area contributed by atoms with Gasteiger partial charge in [0.1, 0.15) is 11.5 Å². The third-order valence-electron chi connectivity index (χ3n) is 3.25. The van der Waals surface area contributed by atoms with E-state index in [0.29, 0.717) is 5.75 Å². The Morgan fingerprint density at radius 3 is 2.50 bits per heavy atom. The number of benzene rings is 2. The first kappa shape index (κ1) is 13.9. The number of rotatable bonds is 3. The van der Waals surface area contributed by atoms with Crippen molar-refractivity contribution in [3.63, 3.8) is 0 Å². The summed E-state index contributed by atoms with van der Waals surface area (Å²) in [7, 11) is 0. The molecule has 0 atom stereocenters. The minimum absolute atomic E-state index is 0.0459. The van der Waals surface area contributed by atoms with Crippen molar-refractivity contribution in [1.29, 1.82) is 0 Å². The predicted molar refractivity (Wildman–Crippen MR) is 78.5 cm³/mol. The Bertz CT molecular complexity index is 678. The molecular weight excluding hydrogens is 254 g/mol. The number of ether oxygens (including phenoxy) is 1. The van der Waals surface area contributed by atoms with Crippen LogP contribution in [0.15, 0.2) is 30.3 Å². The molecule has 2 rings (SSSR count). The quantitative estimate of drug-likeness (QED) is 0.835. The normalized spacial score (nSPS) is 10.3. The summed E-state index contributed by atoms with van der Waals surface area (Å²) < 4.78 is 5.80. The lowest BCUT2D eigenvalue weighted by Gasteiger charge is -2.13. The molecule has 0 unspecified atom stereocenters. The van der Waals surface area contributed by atoms with Gasteiger partial charge in [-0.1, -0.05) is 6.07 Å². The van der Waals surface area contributed by atoms with Crippen molar-refractivity contribution < 1.29 is 14.6 Å². The van der Waals surface area contributed by atoms with E-state index in [1.165, 1.54) is 12.1 Å². The molecule has 0 spiro atoms. The van der Waals surface area contributed by atoms with E-state index in [1.807, 2.05) is 26.8 Å². The third kappa shape index (κ3) is 2.74. The maximum Gasteiger partial charge on any atom is 0.337 e. The molecule has 0 saturated heterocycles. The summed E-state index contributed by atoms with van der Waals surface area (Å²) in [6.45, 7) is 5.98. The number of carboxylic acid groups (broad SMARTS) is 1. The molecule has 0 aromatic heterocycles. The zero-order valence-corrected chi connectivity index (χ0v) is 11.7.